The van der Waals surface area contributed by atoms with E-state index in [9.17, 15) is 0 Å². The maximum atomic E-state index is 3.67. The second-order valence-electron chi connectivity index (χ2n) is 2.02. The summed E-state index contributed by atoms with van der Waals surface area (Å²) in [6.45, 7) is 10.0. The van der Waals surface area contributed by atoms with Crippen LogP contribution in [0.25, 0.3) is 0 Å². The standard InChI is InChI=1S/C7H15N.ClH/c1-4-7(3)6-8-5-2;/h4,7-8H,1,5-6H2,2-3H3;1H. The van der Waals surface area contributed by atoms with Gasteiger partial charge in [-0.3, -0.25) is 0 Å². The van der Waals surface area contributed by atoms with Crippen molar-refractivity contribution in [2.75, 3.05) is 13.1 Å². The molecule has 56 valence electrons. The van der Waals surface area contributed by atoms with Crippen molar-refractivity contribution in [2.45, 2.75) is 13.8 Å². The molecule has 1 nitrogen and oxygen atoms in total. The van der Waals surface area contributed by atoms with Crippen molar-refractivity contribution in [1.82, 2.24) is 5.32 Å². The number of halogens is 1. The highest BCUT2D eigenvalue weighted by molar-refractivity contribution is 5.85. The molecule has 0 aliphatic rings. The smallest absolute Gasteiger partial charge is 0.00113 e. The minimum Gasteiger partial charge on any atom is -0.316 e. The molecule has 0 heterocycles. The van der Waals surface area contributed by atoms with Gasteiger partial charge in [-0.15, -0.1) is 19.0 Å². The monoisotopic (exact) mass is 149 g/mol. The third-order valence-corrected chi connectivity index (χ3v) is 1.12. The first-order valence-electron chi connectivity index (χ1n) is 3.14. The van der Waals surface area contributed by atoms with Gasteiger partial charge in [0, 0.05) is 6.54 Å². The number of hydrogen-bond donors (Lipinski definition) is 1. The molecule has 0 radical (unpaired) electrons. The summed E-state index contributed by atoms with van der Waals surface area (Å²) in [6, 6.07) is 0. The van der Waals surface area contributed by atoms with Gasteiger partial charge < -0.3 is 5.32 Å². The molecule has 0 saturated carbocycles. The van der Waals surface area contributed by atoms with Gasteiger partial charge in [-0.1, -0.05) is 19.9 Å². The second-order valence-corrected chi connectivity index (χ2v) is 2.02. The molecular weight excluding hydrogens is 134 g/mol. The Bertz CT molecular complexity index is 63.9. The summed E-state index contributed by atoms with van der Waals surface area (Å²) in [5.74, 6) is 0.606. The average molecular weight is 150 g/mol. The van der Waals surface area contributed by atoms with Gasteiger partial charge in [-0.2, -0.15) is 0 Å². The lowest BCUT2D eigenvalue weighted by Gasteiger charge is -2.03. The lowest BCUT2D eigenvalue weighted by atomic mass is 10.2. The largest absolute Gasteiger partial charge is 0.316 e. The summed E-state index contributed by atoms with van der Waals surface area (Å²) in [5, 5.41) is 3.23. The van der Waals surface area contributed by atoms with E-state index in [0.29, 0.717) is 5.92 Å². The van der Waals surface area contributed by atoms with Crippen LogP contribution in [0, 0.1) is 5.92 Å². The average Bonchev–Trinajstić information content (AvgIpc) is 1.83. The Kier molecular flexibility index (Phi) is 10.4. The van der Waals surface area contributed by atoms with Gasteiger partial charge in [-0.25, -0.2) is 0 Å². The summed E-state index contributed by atoms with van der Waals surface area (Å²) >= 11 is 0. The van der Waals surface area contributed by atoms with Crippen LogP contribution in [0.3, 0.4) is 0 Å². The molecule has 1 unspecified atom stereocenters. The SMILES string of the molecule is C=CC(C)CNCC.Cl. The number of nitrogens with one attached hydrogen (secondary N) is 1. The van der Waals surface area contributed by atoms with Crippen molar-refractivity contribution in [3.63, 3.8) is 0 Å². The van der Waals surface area contributed by atoms with E-state index < -0.39 is 0 Å². The van der Waals surface area contributed by atoms with E-state index in [1.807, 2.05) is 6.08 Å². The Balaban J connectivity index is 0. The van der Waals surface area contributed by atoms with E-state index in [1.54, 1.807) is 0 Å². The van der Waals surface area contributed by atoms with E-state index in [-0.39, 0.29) is 12.4 Å². The highest BCUT2D eigenvalue weighted by Gasteiger charge is 1.90. The van der Waals surface area contributed by atoms with E-state index in [0.717, 1.165) is 13.1 Å². The topological polar surface area (TPSA) is 12.0 Å². The molecule has 1 atom stereocenters. The van der Waals surface area contributed by atoms with Crippen molar-refractivity contribution >= 4 is 12.4 Å². The van der Waals surface area contributed by atoms with Gasteiger partial charge in [0.2, 0.25) is 0 Å². The zero-order chi connectivity index (χ0) is 6.41. The molecule has 0 fully saturated rings. The summed E-state index contributed by atoms with van der Waals surface area (Å²) in [7, 11) is 0. The van der Waals surface area contributed by atoms with Crippen LogP contribution in [0.2, 0.25) is 0 Å². The molecular formula is C7H16ClN. The van der Waals surface area contributed by atoms with Crippen molar-refractivity contribution in [1.29, 1.82) is 0 Å². The fraction of sp³-hybridized carbons (Fsp3) is 0.714. The third kappa shape index (κ3) is 7.99. The third-order valence-electron chi connectivity index (χ3n) is 1.12. The molecule has 0 aromatic carbocycles. The van der Waals surface area contributed by atoms with Crippen molar-refractivity contribution in [3.8, 4) is 0 Å². The summed E-state index contributed by atoms with van der Waals surface area (Å²) < 4.78 is 0. The Morgan fingerprint density at radius 3 is 2.56 bits per heavy atom. The maximum Gasteiger partial charge on any atom is 0.00113 e. The summed E-state index contributed by atoms with van der Waals surface area (Å²) in [4.78, 5) is 0. The van der Waals surface area contributed by atoms with Gasteiger partial charge in [0.25, 0.3) is 0 Å². The van der Waals surface area contributed by atoms with Gasteiger partial charge in [0.1, 0.15) is 0 Å². The molecule has 2 heteroatoms. The Labute approximate surface area is 63.9 Å². The van der Waals surface area contributed by atoms with Crippen LogP contribution in [0.15, 0.2) is 12.7 Å². The molecule has 0 saturated heterocycles. The van der Waals surface area contributed by atoms with Gasteiger partial charge in [0.15, 0.2) is 0 Å². The van der Waals surface area contributed by atoms with Crippen LogP contribution in [0.5, 0.6) is 0 Å². The molecule has 9 heavy (non-hydrogen) atoms. The molecule has 1 N–H and O–H groups in total. The first-order valence-corrected chi connectivity index (χ1v) is 3.14. The first kappa shape index (κ1) is 11.7. The van der Waals surface area contributed by atoms with Crippen LogP contribution < -0.4 is 5.32 Å². The fourth-order valence-electron chi connectivity index (χ4n) is 0.455. The molecule has 0 bridgehead atoms. The molecule has 0 aliphatic heterocycles. The Morgan fingerprint density at radius 1 is 1.67 bits per heavy atom. The van der Waals surface area contributed by atoms with E-state index in [2.05, 4.69) is 25.7 Å². The van der Waals surface area contributed by atoms with Crippen LogP contribution in [-0.4, -0.2) is 13.1 Å². The summed E-state index contributed by atoms with van der Waals surface area (Å²) in [5.41, 5.74) is 0. The predicted molar refractivity (Wildman–Crippen MR) is 45.2 cm³/mol. The van der Waals surface area contributed by atoms with Crippen LogP contribution >= 0.6 is 12.4 Å². The van der Waals surface area contributed by atoms with E-state index >= 15 is 0 Å². The molecule has 0 spiro atoms. The van der Waals surface area contributed by atoms with Crippen LogP contribution in [0.1, 0.15) is 13.8 Å². The van der Waals surface area contributed by atoms with Crippen molar-refractivity contribution in [3.05, 3.63) is 12.7 Å². The highest BCUT2D eigenvalue weighted by atomic mass is 35.5. The minimum atomic E-state index is 0. The zero-order valence-corrected chi connectivity index (χ0v) is 7.00. The first-order chi connectivity index (χ1) is 3.81. The van der Waals surface area contributed by atoms with Gasteiger partial charge in [-0.05, 0) is 12.5 Å². The normalized spacial score (nSPS) is 11.8. The molecule has 0 aromatic rings. The molecule has 0 amide bonds. The van der Waals surface area contributed by atoms with Crippen LogP contribution in [0.4, 0.5) is 0 Å². The van der Waals surface area contributed by atoms with E-state index in [1.165, 1.54) is 0 Å². The number of hydrogen-bond acceptors (Lipinski definition) is 1. The molecule has 0 rings (SSSR count). The van der Waals surface area contributed by atoms with Crippen molar-refractivity contribution in [2.24, 2.45) is 5.92 Å². The molecule has 0 aliphatic carbocycles. The van der Waals surface area contributed by atoms with E-state index in [4.69, 9.17) is 0 Å². The van der Waals surface area contributed by atoms with Crippen LogP contribution in [-0.2, 0) is 0 Å². The zero-order valence-electron chi connectivity index (χ0n) is 6.18. The maximum absolute atomic E-state index is 3.67. The highest BCUT2D eigenvalue weighted by Crippen LogP contribution is 1.90. The fourth-order valence-corrected chi connectivity index (χ4v) is 0.455. The second kappa shape index (κ2) is 7.99. The van der Waals surface area contributed by atoms with Gasteiger partial charge in [0.05, 0.1) is 0 Å². The lowest BCUT2D eigenvalue weighted by molar-refractivity contribution is 0.612. The van der Waals surface area contributed by atoms with Gasteiger partial charge >= 0.3 is 0 Å². The lowest BCUT2D eigenvalue weighted by Crippen LogP contribution is -2.18. The quantitative estimate of drug-likeness (QED) is 0.602. The number of rotatable bonds is 4. The Hall–Kier alpha value is -0.0100. The molecule has 0 aromatic heterocycles. The Morgan fingerprint density at radius 2 is 2.22 bits per heavy atom. The predicted octanol–water partition coefficient (Wildman–Crippen LogP) is 1.84. The van der Waals surface area contributed by atoms with Crippen molar-refractivity contribution < 1.29 is 0 Å². The summed E-state index contributed by atoms with van der Waals surface area (Å²) in [6.07, 6.45) is 1.96. The minimum absolute atomic E-state index is 0.